The van der Waals surface area contributed by atoms with Crippen LogP contribution in [0.4, 0.5) is 0 Å². The van der Waals surface area contributed by atoms with E-state index in [1.165, 1.54) is 0 Å². The minimum Gasteiger partial charge on any atom is -0.387 e. The average molecular weight is 251 g/mol. The first kappa shape index (κ1) is 12.2. The summed E-state index contributed by atoms with van der Waals surface area (Å²) >= 11 is 0. The van der Waals surface area contributed by atoms with Gasteiger partial charge in [0.15, 0.2) is 0 Å². The van der Waals surface area contributed by atoms with Gasteiger partial charge in [0, 0.05) is 6.04 Å². The lowest BCUT2D eigenvalue weighted by Crippen LogP contribution is -2.24. The van der Waals surface area contributed by atoms with Gasteiger partial charge in [-0.1, -0.05) is 48.5 Å². The van der Waals surface area contributed by atoms with E-state index in [4.69, 9.17) is 5.73 Å². The van der Waals surface area contributed by atoms with Gasteiger partial charge < -0.3 is 10.8 Å². The van der Waals surface area contributed by atoms with E-state index < -0.39 is 6.10 Å². The largest absolute Gasteiger partial charge is 0.387 e. The number of aliphatic hydroxyl groups is 1. The first-order chi connectivity index (χ1) is 9.18. The minimum atomic E-state index is -0.656. The lowest BCUT2D eigenvalue weighted by atomic mass is 9.91. The first-order valence-electron chi connectivity index (χ1n) is 6.52. The average Bonchev–Trinajstić information content (AvgIpc) is 2.43. The first-order valence-corrected chi connectivity index (χ1v) is 6.52. The van der Waals surface area contributed by atoms with E-state index in [0.717, 1.165) is 27.1 Å². The van der Waals surface area contributed by atoms with Gasteiger partial charge in [0.25, 0.3) is 0 Å². The lowest BCUT2D eigenvalue weighted by Gasteiger charge is -2.19. The maximum Gasteiger partial charge on any atom is 0.0950 e. The highest BCUT2D eigenvalue weighted by atomic mass is 16.3. The van der Waals surface area contributed by atoms with Crippen LogP contribution >= 0.6 is 0 Å². The molecule has 3 N–H and O–H groups in total. The number of nitrogens with two attached hydrogens (primary N) is 1. The Hall–Kier alpha value is -1.90. The third-order valence-electron chi connectivity index (χ3n) is 3.61. The SMILES string of the molecule is C[C@H](N)[C@H](O)c1c2ccccc2cc2ccccc12. The van der Waals surface area contributed by atoms with E-state index in [-0.39, 0.29) is 6.04 Å². The van der Waals surface area contributed by atoms with Gasteiger partial charge in [-0.2, -0.15) is 0 Å². The van der Waals surface area contributed by atoms with Crippen molar-refractivity contribution in [3.05, 3.63) is 60.2 Å². The van der Waals surface area contributed by atoms with Crippen molar-refractivity contribution < 1.29 is 5.11 Å². The van der Waals surface area contributed by atoms with Gasteiger partial charge in [0.05, 0.1) is 6.10 Å². The quantitative estimate of drug-likeness (QED) is 0.686. The summed E-state index contributed by atoms with van der Waals surface area (Å²) in [6.45, 7) is 1.83. The molecule has 3 aromatic carbocycles. The zero-order valence-corrected chi connectivity index (χ0v) is 10.9. The van der Waals surface area contributed by atoms with Gasteiger partial charge in [0.2, 0.25) is 0 Å². The summed E-state index contributed by atoms with van der Waals surface area (Å²) in [6, 6.07) is 18.1. The minimum absolute atomic E-state index is 0.297. The molecule has 0 unspecified atom stereocenters. The Bertz CT molecular complexity index is 679. The highest BCUT2D eigenvalue weighted by Crippen LogP contribution is 2.33. The predicted octanol–water partition coefficient (Wildman–Crippen LogP) is 3.37. The summed E-state index contributed by atoms with van der Waals surface area (Å²) in [5.74, 6) is 0. The molecule has 0 radical (unpaired) electrons. The van der Waals surface area contributed by atoms with Crippen LogP contribution in [0.5, 0.6) is 0 Å². The highest BCUT2D eigenvalue weighted by molar-refractivity contribution is 6.02. The number of hydrogen-bond acceptors (Lipinski definition) is 2. The monoisotopic (exact) mass is 251 g/mol. The second-order valence-corrected chi connectivity index (χ2v) is 5.04. The van der Waals surface area contributed by atoms with Crippen LogP contribution in [0, 0.1) is 0 Å². The van der Waals surface area contributed by atoms with Gasteiger partial charge in [0.1, 0.15) is 0 Å². The second-order valence-electron chi connectivity index (χ2n) is 5.04. The Labute approximate surface area is 112 Å². The topological polar surface area (TPSA) is 46.2 Å². The van der Waals surface area contributed by atoms with Crippen molar-refractivity contribution in [2.45, 2.75) is 19.1 Å². The number of fused-ring (bicyclic) bond motifs is 2. The van der Waals surface area contributed by atoms with Crippen LogP contribution in [-0.4, -0.2) is 11.1 Å². The normalized spacial score (nSPS) is 14.7. The van der Waals surface area contributed by atoms with E-state index in [0.29, 0.717) is 0 Å². The fourth-order valence-electron chi connectivity index (χ4n) is 2.63. The molecule has 2 nitrogen and oxygen atoms in total. The van der Waals surface area contributed by atoms with Crippen molar-refractivity contribution in [3.8, 4) is 0 Å². The molecule has 0 heterocycles. The summed E-state index contributed by atoms with van der Waals surface area (Å²) in [6.07, 6.45) is -0.656. The van der Waals surface area contributed by atoms with Crippen LogP contribution in [0.1, 0.15) is 18.6 Å². The van der Waals surface area contributed by atoms with Crippen molar-refractivity contribution >= 4 is 21.5 Å². The van der Waals surface area contributed by atoms with Gasteiger partial charge in [-0.3, -0.25) is 0 Å². The molecular weight excluding hydrogens is 234 g/mol. The van der Waals surface area contributed by atoms with Gasteiger partial charge in [-0.25, -0.2) is 0 Å². The molecule has 3 rings (SSSR count). The molecule has 0 aromatic heterocycles. The molecule has 2 heteroatoms. The maximum absolute atomic E-state index is 10.5. The van der Waals surface area contributed by atoms with Crippen LogP contribution in [0.15, 0.2) is 54.6 Å². The maximum atomic E-state index is 10.5. The van der Waals surface area contributed by atoms with E-state index in [1.54, 1.807) is 0 Å². The highest BCUT2D eigenvalue weighted by Gasteiger charge is 2.18. The molecule has 0 fully saturated rings. The molecule has 0 saturated carbocycles. The number of hydrogen-bond donors (Lipinski definition) is 2. The van der Waals surface area contributed by atoms with Gasteiger partial charge >= 0.3 is 0 Å². The van der Waals surface area contributed by atoms with E-state index in [1.807, 2.05) is 43.3 Å². The number of aliphatic hydroxyl groups excluding tert-OH is 1. The Morgan fingerprint density at radius 3 is 1.84 bits per heavy atom. The van der Waals surface area contributed by atoms with Gasteiger partial charge in [-0.05, 0) is 40.1 Å². The summed E-state index contributed by atoms with van der Waals surface area (Å²) in [5.41, 5.74) is 6.83. The van der Waals surface area contributed by atoms with Crippen molar-refractivity contribution in [3.63, 3.8) is 0 Å². The van der Waals surface area contributed by atoms with Gasteiger partial charge in [-0.15, -0.1) is 0 Å². The van der Waals surface area contributed by atoms with Crippen molar-refractivity contribution in [2.75, 3.05) is 0 Å². The summed E-state index contributed by atoms with van der Waals surface area (Å²) in [4.78, 5) is 0. The smallest absolute Gasteiger partial charge is 0.0950 e. The Balaban J connectivity index is 2.46. The van der Waals surface area contributed by atoms with E-state index in [9.17, 15) is 5.11 Å². The van der Waals surface area contributed by atoms with Crippen molar-refractivity contribution in [1.29, 1.82) is 0 Å². The molecular formula is C17H17NO. The van der Waals surface area contributed by atoms with Crippen LogP contribution in [0.3, 0.4) is 0 Å². The predicted molar refractivity (Wildman–Crippen MR) is 80.1 cm³/mol. The zero-order chi connectivity index (χ0) is 13.4. The van der Waals surface area contributed by atoms with Crippen LogP contribution in [-0.2, 0) is 0 Å². The Kier molecular flexibility index (Phi) is 2.97. The fourth-order valence-corrected chi connectivity index (χ4v) is 2.63. The summed E-state index contributed by atoms with van der Waals surface area (Å²) in [7, 11) is 0. The molecule has 0 aliphatic rings. The lowest BCUT2D eigenvalue weighted by molar-refractivity contribution is 0.156. The third kappa shape index (κ3) is 1.99. The van der Waals surface area contributed by atoms with Crippen LogP contribution < -0.4 is 5.73 Å². The van der Waals surface area contributed by atoms with Crippen molar-refractivity contribution in [1.82, 2.24) is 0 Å². The molecule has 0 bridgehead atoms. The molecule has 3 aromatic rings. The molecule has 0 aliphatic heterocycles. The second kappa shape index (κ2) is 4.65. The number of rotatable bonds is 2. The van der Waals surface area contributed by atoms with Crippen molar-refractivity contribution in [2.24, 2.45) is 5.73 Å². The standard InChI is InChI=1S/C17H17NO/c1-11(18)17(19)16-14-8-4-2-6-12(14)10-13-7-3-5-9-15(13)16/h2-11,17,19H,18H2,1H3/t11-,17-/m0/s1. The fraction of sp³-hybridized carbons (Fsp3) is 0.176. The van der Waals surface area contributed by atoms with Crippen LogP contribution in [0.25, 0.3) is 21.5 Å². The molecule has 2 atom stereocenters. The summed E-state index contributed by atoms with van der Waals surface area (Å²) < 4.78 is 0. The van der Waals surface area contributed by atoms with E-state index >= 15 is 0 Å². The number of benzene rings is 3. The Morgan fingerprint density at radius 2 is 1.37 bits per heavy atom. The molecule has 96 valence electrons. The van der Waals surface area contributed by atoms with E-state index in [2.05, 4.69) is 18.2 Å². The summed E-state index contributed by atoms with van der Waals surface area (Å²) in [5, 5.41) is 14.9. The molecule has 0 spiro atoms. The molecule has 0 saturated heterocycles. The molecule has 19 heavy (non-hydrogen) atoms. The molecule has 0 amide bonds. The Morgan fingerprint density at radius 1 is 0.895 bits per heavy atom. The van der Waals surface area contributed by atoms with Crippen LogP contribution in [0.2, 0.25) is 0 Å². The zero-order valence-electron chi connectivity index (χ0n) is 10.9. The molecule has 0 aliphatic carbocycles. The third-order valence-corrected chi connectivity index (χ3v) is 3.61.